The number of amides is 1. The van der Waals surface area contributed by atoms with Crippen LogP contribution in [0.3, 0.4) is 0 Å². The summed E-state index contributed by atoms with van der Waals surface area (Å²) in [6, 6.07) is 0. The molecule has 1 atom stereocenters. The van der Waals surface area contributed by atoms with Gasteiger partial charge in [-0.25, -0.2) is 9.78 Å². The van der Waals surface area contributed by atoms with E-state index >= 15 is 0 Å². The van der Waals surface area contributed by atoms with Crippen molar-refractivity contribution in [3.8, 4) is 0 Å². The first kappa shape index (κ1) is 16.6. The highest BCUT2D eigenvalue weighted by atomic mass is 32.1. The van der Waals surface area contributed by atoms with Gasteiger partial charge in [-0.1, -0.05) is 27.7 Å². The van der Waals surface area contributed by atoms with Crippen molar-refractivity contribution in [2.24, 2.45) is 0 Å². The Balaban J connectivity index is 2.72. The molecule has 0 saturated carbocycles. The molecule has 0 spiro atoms. The van der Waals surface area contributed by atoms with E-state index in [0.29, 0.717) is 12.1 Å². The molecule has 6 heteroatoms. The van der Waals surface area contributed by atoms with Crippen LogP contribution in [0.2, 0.25) is 0 Å². The van der Waals surface area contributed by atoms with Gasteiger partial charge in [0.15, 0.2) is 0 Å². The molecule has 1 rings (SSSR count). The Morgan fingerprint density at radius 3 is 2.35 bits per heavy atom. The predicted octanol–water partition coefficient (Wildman–Crippen LogP) is 2.35. The van der Waals surface area contributed by atoms with Crippen LogP contribution in [0.15, 0.2) is 5.38 Å². The van der Waals surface area contributed by atoms with Crippen molar-refractivity contribution in [2.45, 2.75) is 58.4 Å². The summed E-state index contributed by atoms with van der Waals surface area (Å²) in [6.07, 6.45) is 0.438. The van der Waals surface area contributed by atoms with Crippen molar-refractivity contribution < 1.29 is 14.7 Å². The fraction of sp³-hybridized carbons (Fsp3) is 0.643. The van der Waals surface area contributed by atoms with Crippen molar-refractivity contribution in [3.05, 3.63) is 16.1 Å². The minimum Gasteiger partial charge on any atom is -0.480 e. The van der Waals surface area contributed by atoms with Crippen LogP contribution in [-0.4, -0.2) is 27.5 Å². The molecule has 1 unspecified atom stereocenters. The quantitative estimate of drug-likeness (QED) is 0.874. The summed E-state index contributed by atoms with van der Waals surface area (Å²) in [5, 5.41) is 14.5. The van der Waals surface area contributed by atoms with Gasteiger partial charge in [-0.15, -0.1) is 11.3 Å². The van der Waals surface area contributed by atoms with Crippen molar-refractivity contribution >= 4 is 23.2 Å². The molecule has 0 radical (unpaired) electrons. The van der Waals surface area contributed by atoms with Gasteiger partial charge in [0.25, 0.3) is 0 Å². The smallest absolute Gasteiger partial charge is 0.329 e. The van der Waals surface area contributed by atoms with Gasteiger partial charge in [0.05, 0.1) is 17.1 Å². The number of carbonyl (C=O) groups excluding carboxylic acids is 1. The van der Waals surface area contributed by atoms with Gasteiger partial charge in [0, 0.05) is 10.8 Å². The highest BCUT2D eigenvalue weighted by Gasteiger charge is 2.32. The van der Waals surface area contributed by atoms with Crippen LogP contribution in [-0.2, 0) is 21.4 Å². The lowest BCUT2D eigenvalue weighted by Gasteiger charge is -2.24. The average molecular weight is 298 g/mol. The summed E-state index contributed by atoms with van der Waals surface area (Å²) in [7, 11) is 0. The SMILES string of the molecule is CCC(C)(NC(=O)Cc1csc(C(C)(C)C)n1)C(=O)O. The summed E-state index contributed by atoms with van der Waals surface area (Å²) in [6.45, 7) is 9.43. The highest BCUT2D eigenvalue weighted by Crippen LogP contribution is 2.25. The van der Waals surface area contributed by atoms with Crippen LogP contribution in [0.25, 0.3) is 0 Å². The molecule has 112 valence electrons. The standard InChI is InChI=1S/C14H22N2O3S/c1-6-14(5,12(18)19)16-10(17)7-9-8-20-11(15-9)13(2,3)4/h8H,6-7H2,1-5H3,(H,16,17)(H,18,19). The number of nitrogens with one attached hydrogen (secondary N) is 1. The molecule has 0 aliphatic carbocycles. The monoisotopic (exact) mass is 298 g/mol. The number of rotatable bonds is 5. The normalized spacial score (nSPS) is 14.7. The average Bonchev–Trinajstić information content (AvgIpc) is 2.76. The van der Waals surface area contributed by atoms with Gasteiger partial charge in [0.1, 0.15) is 5.54 Å². The maximum absolute atomic E-state index is 11.9. The molecule has 2 N–H and O–H groups in total. The highest BCUT2D eigenvalue weighted by molar-refractivity contribution is 7.09. The topological polar surface area (TPSA) is 79.3 Å². The zero-order chi connectivity index (χ0) is 15.6. The first-order valence-electron chi connectivity index (χ1n) is 6.58. The largest absolute Gasteiger partial charge is 0.480 e. The molecular weight excluding hydrogens is 276 g/mol. The van der Waals surface area contributed by atoms with Gasteiger partial charge in [-0.2, -0.15) is 0 Å². The Bertz CT molecular complexity index is 505. The molecule has 0 saturated heterocycles. The van der Waals surface area contributed by atoms with Crippen LogP contribution in [0.5, 0.6) is 0 Å². The number of aliphatic carboxylic acids is 1. The Morgan fingerprint density at radius 2 is 1.95 bits per heavy atom. The van der Waals surface area contributed by atoms with E-state index < -0.39 is 11.5 Å². The number of thiazole rings is 1. The van der Waals surface area contributed by atoms with Gasteiger partial charge in [-0.3, -0.25) is 4.79 Å². The van der Waals surface area contributed by atoms with E-state index in [-0.39, 0.29) is 17.7 Å². The van der Waals surface area contributed by atoms with Gasteiger partial charge >= 0.3 is 5.97 Å². The Morgan fingerprint density at radius 1 is 1.35 bits per heavy atom. The van der Waals surface area contributed by atoms with E-state index in [1.165, 1.54) is 18.3 Å². The molecule has 1 amide bonds. The number of carboxylic acid groups (broad SMARTS) is 1. The zero-order valence-electron chi connectivity index (χ0n) is 12.6. The van der Waals surface area contributed by atoms with Crippen molar-refractivity contribution in [1.29, 1.82) is 0 Å². The lowest BCUT2D eigenvalue weighted by Crippen LogP contribution is -2.52. The molecule has 0 bridgehead atoms. The maximum Gasteiger partial charge on any atom is 0.329 e. The molecule has 0 fully saturated rings. The molecule has 0 aliphatic rings. The second-order valence-electron chi connectivity index (χ2n) is 6.11. The third kappa shape index (κ3) is 4.03. The van der Waals surface area contributed by atoms with Gasteiger partial charge in [0.2, 0.25) is 5.91 Å². The molecule has 1 aromatic rings. The molecule has 0 aromatic carbocycles. The first-order chi connectivity index (χ1) is 9.08. The molecule has 20 heavy (non-hydrogen) atoms. The van der Waals surface area contributed by atoms with Crippen molar-refractivity contribution in [1.82, 2.24) is 10.3 Å². The van der Waals surface area contributed by atoms with Gasteiger partial charge in [-0.05, 0) is 13.3 Å². The number of carbonyl (C=O) groups is 2. The lowest BCUT2D eigenvalue weighted by molar-refractivity contribution is -0.146. The number of carboxylic acids is 1. The number of hydrogen-bond acceptors (Lipinski definition) is 4. The zero-order valence-corrected chi connectivity index (χ0v) is 13.4. The van der Waals surface area contributed by atoms with Crippen LogP contribution in [0.1, 0.15) is 51.7 Å². The van der Waals surface area contributed by atoms with Crippen molar-refractivity contribution in [3.63, 3.8) is 0 Å². The summed E-state index contributed by atoms with van der Waals surface area (Å²) >= 11 is 1.52. The fourth-order valence-electron chi connectivity index (χ4n) is 1.54. The Kier molecular flexibility index (Phi) is 4.91. The van der Waals surface area contributed by atoms with Crippen molar-refractivity contribution in [2.75, 3.05) is 0 Å². The van der Waals surface area contributed by atoms with Crippen LogP contribution >= 0.6 is 11.3 Å². The summed E-state index contributed by atoms with van der Waals surface area (Å²) in [4.78, 5) is 27.5. The molecule has 5 nitrogen and oxygen atoms in total. The van der Waals surface area contributed by atoms with E-state index in [9.17, 15) is 9.59 Å². The minimum absolute atomic E-state index is 0.0433. The van der Waals surface area contributed by atoms with Crippen LogP contribution in [0, 0.1) is 0 Å². The second kappa shape index (κ2) is 5.91. The second-order valence-corrected chi connectivity index (χ2v) is 6.97. The number of nitrogens with zero attached hydrogens (tertiary/aromatic N) is 1. The van der Waals surface area contributed by atoms with E-state index in [2.05, 4.69) is 31.1 Å². The Hall–Kier alpha value is -1.43. The number of aromatic nitrogens is 1. The van der Waals surface area contributed by atoms with Crippen LogP contribution in [0.4, 0.5) is 0 Å². The maximum atomic E-state index is 11.9. The lowest BCUT2D eigenvalue weighted by atomic mass is 9.98. The van der Waals surface area contributed by atoms with Crippen LogP contribution < -0.4 is 5.32 Å². The fourth-order valence-corrected chi connectivity index (χ4v) is 2.45. The van der Waals surface area contributed by atoms with Gasteiger partial charge < -0.3 is 10.4 Å². The molecular formula is C14H22N2O3S. The molecule has 1 heterocycles. The first-order valence-corrected chi connectivity index (χ1v) is 7.45. The molecule has 0 aliphatic heterocycles. The van der Waals surface area contributed by atoms with E-state index in [1.807, 2.05) is 5.38 Å². The summed E-state index contributed by atoms with van der Waals surface area (Å²) < 4.78 is 0. The van der Waals surface area contributed by atoms with E-state index in [4.69, 9.17) is 5.11 Å². The molecule has 1 aromatic heterocycles. The summed E-state index contributed by atoms with van der Waals surface area (Å²) in [5.74, 6) is -1.34. The predicted molar refractivity (Wildman–Crippen MR) is 79.0 cm³/mol. The minimum atomic E-state index is -1.22. The number of hydrogen-bond donors (Lipinski definition) is 2. The van der Waals surface area contributed by atoms with E-state index in [0.717, 1.165) is 5.01 Å². The summed E-state index contributed by atoms with van der Waals surface area (Å²) in [5.41, 5.74) is -0.584. The van der Waals surface area contributed by atoms with E-state index in [1.54, 1.807) is 6.92 Å². The Labute approximate surface area is 123 Å². The third-order valence-corrected chi connectivity index (χ3v) is 4.45. The third-order valence-electron chi connectivity index (χ3n) is 3.13.